The maximum absolute atomic E-state index is 13.0. The lowest BCUT2D eigenvalue weighted by Crippen LogP contribution is -2.30. The molecule has 0 saturated carbocycles. The van der Waals surface area contributed by atoms with E-state index in [2.05, 4.69) is 48.5 Å². The Balaban J connectivity index is 5.16. The molecule has 0 aromatic carbocycles. The number of hydrogen-bond donors (Lipinski definition) is 3. The first-order chi connectivity index (χ1) is 40.2. The van der Waals surface area contributed by atoms with E-state index >= 15 is 0 Å². The van der Waals surface area contributed by atoms with Gasteiger partial charge < -0.3 is 33.8 Å². The minimum absolute atomic E-state index is 0.101. The molecule has 0 fully saturated rings. The van der Waals surface area contributed by atoms with Gasteiger partial charge in [-0.3, -0.25) is 37.3 Å². The van der Waals surface area contributed by atoms with Crippen LogP contribution in [-0.2, 0) is 65.4 Å². The number of hydrogen-bond acceptors (Lipinski definition) is 15. The first-order valence-electron chi connectivity index (χ1n) is 33.8. The maximum atomic E-state index is 13.0. The number of aliphatic hydroxyl groups is 1. The Labute approximate surface area is 511 Å². The van der Waals surface area contributed by atoms with Gasteiger partial charge in [-0.15, -0.1) is 0 Å². The van der Waals surface area contributed by atoms with Gasteiger partial charge in [0.15, 0.2) is 12.2 Å². The van der Waals surface area contributed by atoms with Crippen molar-refractivity contribution in [2.75, 3.05) is 39.6 Å². The third-order valence-corrected chi connectivity index (χ3v) is 16.8. The Kier molecular flexibility index (Phi) is 55.0. The molecule has 19 heteroatoms. The fourth-order valence-corrected chi connectivity index (χ4v) is 11.2. The van der Waals surface area contributed by atoms with Gasteiger partial charge in [0.1, 0.15) is 19.3 Å². The highest BCUT2D eigenvalue weighted by molar-refractivity contribution is 7.47. The molecule has 0 heterocycles. The molecule has 0 aromatic heterocycles. The van der Waals surface area contributed by atoms with Gasteiger partial charge in [0.2, 0.25) is 0 Å². The van der Waals surface area contributed by atoms with Crippen LogP contribution in [0.3, 0.4) is 0 Å². The van der Waals surface area contributed by atoms with Crippen LogP contribution in [0.1, 0.15) is 318 Å². The molecule has 0 saturated heterocycles. The summed E-state index contributed by atoms with van der Waals surface area (Å²) in [7, 11) is -9.88. The van der Waals surface area contributed by atoms with E-state index in [-0.39, 0.29) is 25.7 Å². The van der Waals surface area contributed by atoms with Gasteiger partial charge in [0.05, 0.1) is 26.4 Å². The predicted molar refractivity (Wildman–Crippen MR) is 335 cm³/mol. The summed E-state index contributed by atoms with van der Waals surface area (Å²) in [6.07, 6.45) is 38.0. The van der Waals surface area contributed by atoms with Crippen molar-refractivity contribution in [3.63, 3.8) is 0 Å². The number of carbonyl (C=O) groups excluding carboxylic acids is 4. The maximum Gasteiger partial charge on any atom is 0.472 e. The summed E-state index contributed by atoms with van der Waals surface area (Å²) >= 11 is 0. The van der Waals surface area contributed by atoms with E-state index in [1.54, 1.807) is 0 Å². The van der Waals surface area contributed by atoms with Crippen LogP contribution in [-0.4, -0.2) is 96.7 Å². The van der Waals surface area contributed by atoms with E-state index in [1.807, 2.05) is 0 Å². The van der Waals surface area contributed by atoms with Crippen molar-refractivity contribution in [1.29, 1.82) is 0 Å². The summed E-state index contributed by atoms with van der Waals surface area (Å²) in [5.74, 6) is 0.0339. The summed E-state index contributed by atoms with van der Waals surface area (Å²) in [5.41, 5.74) is 0. The molecule has 0 rings (SSSR count). The highest BCUT2D eigenvalue weighted by Crippen LogP contribution is 2.45. The van der Waals surface area contributed by atoms with Crippen LogP contribution in [0.4, 0.5) is 0 Å². The Hall–Kier alpha value is -1.94. The number of phosphoric acid groups is 2. The topological polar surface area (TPSA) is 237 Å². The molecule has 5 atom stereocenters. The van der Waals surface area contributed by atoms with Crippen molar-refractivity contribution < 1.29 is 80.2 Å². The zero-order chi connectivity index (χ0) is 62.4. The summed E-state index contributed by atoms with van der Waals surface area (Å²) < 4.78 is 67.9. The largest absolute Gasteiger partial charge is 0.472 e. The number of rotatable bonds is 63. The number of carbonyl (C=O) groups is 4. The van der Waals surface area contributed by atoms with Crippen LogP contribution in [0.5, 0.6) is 0 Å². The lowest BCUT2D eigenvalue weighted by Gasteiger charge is -2.21. The molecule has 2 unspecified atom stereocenters. The third kappa shape index (κ3) is 59.0. The zero-order valence-electron chi connectivity index (χ0n) is 54.4. The molecular formula is C65H126O17P2. The number of phosphoric ester groups is 2. The Morgan fingerprint density at radius 1 is 0.321 bits per heavy atom. The molecule has 0 bridgehead atoms. The number of aliphatic hydroxyl groups excluding tert-OH is 1. The van der Waals surface area contributed by atoms with E-state index in [1.165, 1.54) is 109 Å². The second-order valence-corrected chi connectivity index (χ2v) is 27.8. The van der Waals surface area contributed by atoms with Crippen LogP contribution in [0.15, 0.2) is 0 Å². The van der Waals surface area contributed by atoms with Crippen molar-refractivity contribution in [1.82, 2.24) is 0 Å². The second kappa shape index (κ2) is 56.3. The van der Waals surface area contributed by atoms with E-state index in [0.29, 0.717) is 37.5 Å². The monoisotopic (exact) mass is 1240 g/mol. The van der Waals surface area contributed by atoms with Crippen molar-refractivity contribution >= 4 is 39.5 Å². The summed E-state index contributed by atoms with van der Waals surface area (Å²) in [6.45, 7) is 11.6. The second-order valence-electron chi connectivity index (χ2n) is 24.9. The first kappa shape index (κ1) is 82.1. The van der Waals surface area contributed by atoms with Gasteiger partial charge in [0.25, 0.3) is 0 Å². The molecule has 0 aliphatic carbocycles. The zero-order valence-corrected chi connectivity index (χ0v) is 56.1. The van der Waals surface area contributed by atoms with E-state index in [4.69, 9.17) is 37.0 Å². The molecular weight excluding hydrogens is 1110 g/mol. The number of esters is 4. The van der Waals surface area contributed by atoms with Crippen molar-refractivity contribution in [2.45, 2.75) is 336 Å². The minimum Gasteiger partial charge on any atom is -0.462 e. The Morgan fingerprint density at radius 2 is 0.548 bits per heavy atom. The summed E-state index contributed by atoms with van der Waals surface area (Å²) in [5, 5.41) is 10.5. The summed E-state index contributed by atoms with van der Waals surface area (Å²) in [6, 6.07) is 0. The summed E-state index contributed by atoms with van der Waals surface area (Å²) in [4.78, 5) is 72.1. The molecule has 0 aliphatic rings. The van der Waals surface area contributed by atoms with Crippen LogP contribution in [0.2, 0.25) is 0 Å². The average molecular weight is 1240 g/mol. The average Bonchev–Trinajstić information content (AvgIpc) is 3.46. The van der Waals surface area contributed by atoms with Crippen LogP contribution < -0.4 is 0 Å². The minimum atomic E-state index is -4.95. The van der Waals surface area contributed by atoms with E-state index in [0.717, 1.165) is 115 Å². The fourth-order valence-electron chi connectivity index (χ4n) is 9.66. The Morgan fingerprint density at radius 3 is 0.810 bits per heavy atom. The smallest absolute Gasteiger partial charge is 0.462 e. The lowest BCUT2D eigenvalue weighted by molar-refractivity contribution is -0.161. The van der Waals surface area contributed by atoms with E-state index < -0.39 is 97.5 Å². The molecule has 498 valence electrons. The van der Waals surface area contributed by atoms with Gasteiger partial charge in [0, 0.05) is 25.7 Å². The quantitative estimate of drug-likeness (QED) is 0.0222. The van der Waals surface area contributed by atoms with Gasteiger partial charge in [-0.1, -0.05) is 267 Å². The lowest BCUT2D eigenvalue weighted by atomic mass is 10.0. The molecule has 17 nitrogen and oxygen atoms in total. The van der Waals surface area contributed by atoms with Crippen LogP contribution >= 0.6 is 15.6 Å². The van der Waals surface area contributed by atoms with Crippen LogP contribution in [0, 0.1) is 17.8 Å². The van der Waals surface area contributed by atoms with E-state index in [9.17, 15) is 43.2 Å². The van der Waals surface area contributed by atoms with Crippen molar-refractivity contribution in [2.24, 2.45) is 17.8 Å². The van der Waals surface area contributed by atoms with Gasteiger partial charge in [-0.25, -0.2) is 9.13 Å². The predicted octanol–water partition coefficient (Wildman–Crippen LogP) is 17.9. The first-order valence-corrected chi connectivity index (χ1v) is 36.8. The van der Waals surface area contributed by atoms with Gasteiger partial charge in [-0.2, -0.15) is 0 Å². The standard InChI is InChI=1S/C65H126O17P2/c1-8-9-10-11-22-32-39-46-62(67)75-52-61(82-65(70)49-42-35-28-27-31-38-45-58(6)7)55-80-84(73,74)78-51-59(66)50-77-83(71,72)79-54-60(53-76-63(68)47-40-33-26-21-24-30-37-44-57(4)5)81-64(69)48-41-34-25-20-18-16-14-12-13-15-17-19-23-29-36-43-56(2)3/h56-61,66H,8-55H2,1-7H3,(H,71,72)(H,73,74)/t59-,60-,61-/m1/s1. The third-order valence-electron chi connectivity index (χ3n) is 14.9. The van der Waals surface area contributed by atoms with Crippen molar-refractivity contribution in [3.8, 4) is 0 Å². The molecule has 0 aromatic rings. The highest BCUT2D eigenvalue weighted by atomic mass is 31.2. The fraction of sp³-hybridized carbons (Fsp3) is 0.938. The van der Waals surface area contributed by atoms with Crippen molar-refractivity contribution in [3.05, 3.63) is 0 Å². The van der Waals surface area contributed by atoms with Crippen LogP contribution in [0.25, 0.3) is 0 Å². The number of unbranched alkanes of at least 4 members (excludes halogenated alkanes) is 31. The molecule has 84 heavy (non-hydrogen) atoms. The molecule has 0 spiro atoms. The molecule has 0 amide bonds. The molecule has 3 N–H and O–H groups in total. The SMILES string of the molecule is CCCCCCCCCC(=O)OC[C@H](COP(=O)(O)OC[C@H](O)COP(=O)(O)OC[C@@H](COC(=O)CCCCCCCCCC(C)C)OC(=O)CCCCCCCCCCCCCCCCCC(C)C)OC(=O)CCCCCCCCC(C)C. The normalized spacial score (nSPS) is 14.3. The number of ether oxygens (including phenoxy) is 4. The molecule has 0 aliphatic heterocycles. The van der Waals surface area contributed by atoms with Gasteiger partial charge in [-0.05, 0) is 43.4 Å². The Bertz CT molecular complexity index is 1660. The molecule has 0 radical (unpaired) electrons. The highest BCUT2D eigenvalue weighted by Gasteiger charge is 2.30. The van der Waals surface area contributed by atoms with Gasteiger partial charge >= 0.3 is 39.5 Å².